The molecule has 146 valence electrons. The summed E-state index contributed by atoms with van der Waals surface area (Å²) < 4.78 is 40.0. The number of benzene rings is 3. The van der Waals surface area contributed by atoms with Crippen molar-refractivity contribution in [2.24, 2.45) is 0 Å². The first-order chi connectivity index (χ1) is 13.3. The summed E-state index contributed by atoms with van der Waals surface area (Å²) in [6.45, 7) is 1.39. The van der Waals surface area contributed by atoms with Crippen LogP contribution in [0.1, 0.15) is 18.1 Å². The van der Waals surface area contributed by atoms with E-state index in [1.54, 1.807) is 19.1 Å². The van der Waals surface area contributed by atoms with Gasteiger partial charge in [0.15, 0.2) is 0 Å². The molecule has 0 unspecified atom stereocenters. The van der Waals surface area contributed by atoms with Crippen molar-refractivity contribution >= 4 is 10.0 Å². The van der Waals surface area contributed by atoms with E-state index < -0.39 is 21.4 Å². The predicted octanol–water partition coefficient (Wildman–Crippen LogP) is 3.82. The molecule has 0 radical (unpaired) electrons. The number of hydrogen-bond donors (Lipinski definition) is 2. The van der Waals surface area contributed by atoms with E-state index >= 15 is 0 Å². The molecule has 0 amide bonds. The molecule has 3 aromatic carbocycles. The SMILES string of the molecule is C[C@](O)(CNS(=O)(=O)Cc1ccc(F)cc1)c1ccc(-c2ccccc2)cc1. The number of aliphatic hydroxyl groups is 1. The third-order valence-corrected chi connectivity index (χ3v) is 5.82. The molecule has 0 aliphatic rings. The molecule has 0 spiro atoms. The van der Waals surface area contributed by atoms with E-state index in [1.807, 2.05) is 42.5 Å². The average Bonchev–Trinajstić information content (AvgIpc) is 2.69. The van der Waals surface area contributed by atoms with Crippen LogP contribution in [-0.2, 0) is 21.4 Å². The molecule has 0 aromatic heterocycles. The molecule has 0 bridgehead atoms. The van der Waals surface area contributed by atoms with Gasteiger partial charge in [0.1, 0.15) is 11.4 Å². The van der Waals surface area contributed by atoms with Crippen molar-refractivity contribution in [1.29, 1.82) is 0 Å². The third kappa shape index (κ3) is 5.25. The third-order valence-electron chi connectivity index (χ3n) is 4.52. The molecule has 0 saturated carbocycles. The number of halogens is 1. The fraction of sp³-hybridized carbons (Fsp3) is 0.182. The summed E-state index contributed by atoms with van der Waals surface area (Å²) in [6, 6.07) is 22.5. The maximum atomic E-state index is 13.0. The van der Waals surface area contributed by atoms with Gasteiger partial charge >= 0.3 is 0 Å². The van der Waals surface area contributed by atoms with Gasteiger partial charge in [-0.05, 0) is 41.3 Å². The zero-order chi connectivity index (χ0) is 20.2. The lowest BCUT2D eigenvalue weighted by atomic mass is 9.94. The lowest BCUT2D eigenvalue weighted by molar-refractivity contribution is 0.0627. The van der Waals surface area contributed by atoms with Crippen LogP contribution >= 0.6 is 0 Å². The summed E-state index contributed by atoms with van der Waals surface area (Å²) in [6.07, 6.45) is 0. The van der Waals surface area contributed by atoms with Crippen molar-refractivity contribution in [3.8, 4) is 11.1 Å². The first kappa shape index (κ1) is 20.2. The summed E-state index contributed by atoms with van der Waals surface area (Å²) >= 11 is 0. The Morgan fingerprint density at radius 2 is 1.46 bits per heavy atom. The van der Waals surface area contributed by atoms with Crippen LogP contribution in [-0.4, -0.2) is 20.1 Å². The molecule has 28 heavy (non-hydrogen) atoms. The van der Waals surface area contributed by atoms with Crippen molar-refractivity contribution in [3.63, 3.8) is 0 Å². The standard InChI is InChI=1S/C22H22FNO3S/c1-22(25,16-24-28(26,27)15-17-7-13-21(23)14-8-17)20-11-9-19(10-12-20)18-5-3-2-4-6-18/h2-14,24-25H,15-16H2,1H3/t22-/m0/s1. The molecular formula is C22H22FNO3S. The van der Waals surface area contributed by atoms with Gasteiger partial charge in [0, 0.05) is 6.54 Å². The second kappa shape index (κ2) is 8.22. The van der Waals surface area contributed by atoms with Crippen molar-refractivity contribution in [3.05, 3.63) is 95.8 Å². The van der Waals surface area contributed by atoms with E-state index in [2.05, 4.69) is 4.72 Å². The van der Waals surface area contributed by atoms with Crippen LogP contribution in [0.25, 0.3) is 11.1 Å². The average molecular weight is 399 g/mol. The van der Waals surface area contributed by atoms with E-state index in [9.17, 15) is 17.9 Å². The van der Waals surface area contributed by atoms with Crippen LogP contribution in [0, 0.1) is 5.82 Å². The van der Waals surface area contributed by atoms with Gasteiger partial charge in [0.05, 0.1) is 5.75 Å². The Morgan fingerprint density at radius 1 is 0.893 bits per heavy atom. The lowest BCUT2D eigenvalue weighted by Gasteiger charge is -2.24. The number of hydrogen-bond acceptors (Lipinski definition) is 3. The minimum Gasteiger partial charge on any atom is -0.384 e. The Bertz CT molecular complexity index is 1020. The molecule has 0 aliphatic carbocycles. The van der Waals surface area contributed by atoms with E-state index in [4.69, 9.17) is 0 Å². The monoisotopic (exact) mass is 399 g/mol. The molecule has 0 fully saturated rings. The van der Waals surface area contributed by atoms with E-state index in [1.165, 1.54) is 24.3 Å². The molecule has 4 nitrogen and oxygen atoms in total. The van der Waals surface area contributed by atoms with Crippen molar-refractivity contribution < 1.29 is 17.9 Å². The van der Waals surface area contributed by atoms with Gasteiger partial charge < -0.3 is 5.11 Å². The van der Waals surface area contributed by atoms with Crippen LogP contribution < -0.4 is 4.72 Å². The van der Waals surface area contributed by atoms with Gasteiger partial charge in [-0.3, -0.25) is 0 Å². The highest BCUT2D eigenvalue weighted by molar-refractivity contribution is 7.88. The quantitative estimate of drug-likeness (QED) is 0.635. The Kier molecular flexibility index (Phi) is 5.93. The fourth-order valence-corrected chi connectivity index (χ4v) is 4.09. The van der Waals surface area contributed by atoms with Crippen molar-refractivity contribution in [1.82, 2.24) is 4.72 Å². The second-order valence-corrected chi connectivity index (χ2v) is 8.73. The largest absolute Gasteiger partial charge is 0.384 e. The summed E-state index contributed by atoms with van der Waals surface area (Å²) in [4.78, 5) is 0. The van der Waals surface area contributed by atoms with Crippen molar-refractivity contribution in [2.75, 3.05) is 6.54 Å². The highest BCUT2D eigenvalue weighted by Gasteiger charge is 2.25. The number of sulfonamides is 1. The summed E-state index contributed by atoms with van der Waals surface area (Å²) in [5, 5.41) is 10.7. The summed E-state index contributed by atoms with van der Waals surface area (Å²) in [7, 11) is -3.67. The Balaban J connectivity index is 1.66. The van der Waals surface area contributed by atoms with Crippen LogP contribution in [0.2, 0.25) is 0 Å². The first-order valence-electron chi connectivity index (χ1n) is 8.85. The zero-order valence-corrected chi connectivity index (χ0v) is 16.3. The number of nitrogens with one attached hydrogen (secondary N) is 1. The molecule has 3 rings (SSSR count). The maximum Gasteiger partial charge on any atom is 0.215 e. The molecule has 0 saturated heterocycles. The first-order valence-corrected chi connectivity index (χ1v) is 10.5. The molecule has 2 N–H and O–H groups in total. The zero-order valence-electron chi connectivity index (χ0n) is 15.5. The van der Waals surface area contributed by atoms with Gasteiger partial charge in [-0.15, -0.1) is 0 Å². The van der Waals surface area contributed by atoms with Crippen LogP contribution in [0.15, 0.2) is 78.9 Å². The minimum atomic E-state index is -3.67. The van der Waals surface area contributed by atoms with Crippen LogP contribution in [0.3, 0.4) is 0 Å². The molecule has 0 aliphatic heterocycles. The Labute approximate surface area is 164 Å². The molecule has 1 atom stereocenters. The van der Waals surface area contributed by atoms with Gasteiger partial charge in [-0.25, -0.2) is 17.5 Å². The summed E-state index contributed by atoms with van der Waals surface area (Å²) in [5.41, 5.74) is 1.79. The molecule has 6 heteroatoms. The van der Waals surface area contributed by atoms with E-state index in [0.717, 1.165) is 11.1 Å². The Hall–Kier alpha value is -2.54. The molecular weight excluding hydrogens is 377 g/mol. The predicted molar refractivity (Wildman–Crippen MR) is 108 cm³/mol. The summed E-state index contributed by atoms with van der Waals surface area (Å²) in [5.74, 6) is -0.702. The molecule has 3 aromatic rings. The van der Waals surface area contributed by atoms with Gasteiger partial charge in [0.25, 0.3) is 0 Å². The maximum absolute atomic E-state index is 13.0. The molecule has 0 heterocycles. The lowest BCUT2D eigenvalue weighted by Crippen LogP contribution is -2.39. The minimum absolute atomic E-state index is 0.165. The van der Waals surface area contributed by atoms with Crippen LogP contribution in [0.4, 0.5) is 4.39 Å². The highest BCUT2D eigenvalue weighted by Crippen LogP contribution is 2.25. The second-order valence-electron chi connectivity index (χ2n) is 6.92. The highest BCUT2D eigenvalue weighted by atomic mass is 32.2. The van der Waals surface area contributed by atoms with Gasteiger partial charge in [-0.2, -0.15) is 0 Å². The van der Waals surface area contributed by atoms with E-state index in [-0.39, 0.29) is 12.3 Å². The fourth-order valence-electron chi connectivity index (χ4n) is 2.86. The van der Waals surface area contributed by atoms with Crippen LogP contribution in [0.5, 0.6) is 0 Å². The van der Waals surface area contributed by atoms with E-state index in [0.29, 0.717) is 11.1 Å². The number of rotatable bonds is 7. The van der Waals surface area contributed by atoms with Gasteiger partial charge in [0.2, 0.25) is 10.0 Å². The smallest absolute Gasteiger partial charge is 0.215 e. The van der Waals surface area contributed by atoms with Gasteiger partial charge in [-0.1, -0.05) is 66.7 Å². The Morgan fingerprint density at radius 3 is 2.07 bits per heavy atom. The normalized spacial score (nSPS) is 13.8. The topological polar surface area (TPSA) is 66.4 Å². The van der Waals surface area contributed by atoms with Crippen molar-refractivity contribution in [2.45, 2.75) is 18.3 Å².